The van der Waals surface area contributed by atoms with Crippen LogP contribution in [0, 0.1) is 0 Å². The molecule has 1 fully saturated rings. The third-order valence-electron chi connectivity index (χ3n) is 3.21. The number of furan rings is 1. The molecule has 0 radical (unpaired) electrons. The Morgan fingerprint density at radius 3 is 3.07 bits per heavy atom. The molecule has 1 aliphatic heterocycles. The Kier molecular flexibility index (Phi) is 2.22. The number of hydrogen-bond acceptors (Lipinski definition) is 2. The van der Waals surface area contributed by atoms with Crippen molar-refractivity contribution in [3.05, 3.63) is 36.3 Å². The van der Waals surface area contributed by atoms with E-state index in [0.29, 0.717) is 5.92 Å². The van der Waals surface area contributed by atoms with Crippen molar-refractivity contribution in [2.24, 2.45) is 0 Å². The first-order chi connectivity index (χ1) is 7.45. The van der Waals surface area contributed by atoms with Gasteiger partial charge in [0.1, 0.15) is 5.76 Å². The molecule has 1 unspecified atom stereocenters. The molecule has 1 aromatic carbocycles. The van der Waals surface area contributed by atoms with E-state index < -0.39 is 0 Å². The fourth-order valence-electron chi connectivity index (χ4n) is 2.41. The van der Waals surface area contributed by atoms with E-state index in [1.165, 1.54) is 23.6 Å². The van der Waals surface area contributed by atoms with Gasteiger partial charge in [0.15, 0.2) is 0 Å². The Hall–Kier alpha value is -1.28. The van der Waals surface area contributed by atoms with Crippen molar-refractivity contribution in [2.45, 2.75) is 18.8 Å². The largest absolute Gasteiger partial charge is 0.468 e. The Labute approximate surface area is 89.3 Å². The van der Waals surface area contributed by atoms with E-state index in [2.05, 4.69) is 29.6 Å². The van der Waals surface area contributed by atoms with Gasteiger partial charge in [0, 0.05) is 23.2 Å². The second-order valence-electron chi connectivity index (χ2n) is 4.23. The van der Waals surface area contributed by atoms with Crippen LogP contribution in [0.15, 0.2) is 34.9 Å². The monoisotopic (exact) mass is 201 g/mol. The first-order valence-electron chi connectivity index (χ1n) is 5.62. The molecule has 0 amide bonds. The Morgan fingerprint density at radius 1 is 1.27 bits per heavy atom. The third kappa shape index (κ3) is 1.55. The van der Waals surface area contributed by atoms with E-state index in [4.69, 9.17) is 4.42 Å². The topological polar surface area (TPSA) is 25.2 Å². The summed E-state index contributed by atoms with van der Waals surface area (Å²) in [6, 6.07) is 8.40. The molecule has 3 rings (SSSR count). The molecule has 1 atom stereocenters. The van der Waals surface area contributed by atoms with E-state index in [1.54, 1.807) is 0 Å². The van der Waals surface area contributed by atoms with Crippen LogP contribution < -0.4 is 5.32 Å². The molecule has 0 bridgehead atoms. The standard InChI is InChI=1S/C13H15NO/c1-2-6-12-11(4-1)9-15-13(12)10-5-3-7-14-8-10/h1-2,4,6,9-10,14H,3,5,7-8H2. The van der Waals surface area contributed by atoms with Crippen LogP contribution in [-0.2, 0) is 0 Å². The van der Waals surface area contributed by atoms with Crippen LogP contribution in [0.5, 0.6) is 0 Å². The molecule has 2 aromatic rings. The van der Waals surface area contributed by atoms with Crippen molar-refractivity contribution in [1.82, 2.24) is 5.32 Å². The van der Waals surface area contributed by atoms with E-state index in [-0.39, 0.29) is 0 Å². The third-order valence-corrected chi connectivity index (χ3v) is 3.21. The van der Waals surface area contributed by atoms with Gasteiger partial charge in [0.2, 0.25) is 0 Å². The maximum absolute atomic E-state index is 5.71. The molecule has 15 heavy (non-hydrogen) atoms. The predicted molar refractivity (Wildman–Crippen MR) is 61.1 cm³/mol. The van der Waals surface area contributed by atoms with Gasteiger partial charge in [0.25, 0.3) is 0 Å². The molecule has 0 spiro atoms. The molecule has 1 aromatic heterocycles. The summed E-state index contributed by atoms with van der Waals surface area (Å²) in [7, 11) is 0. The fraction of sp³-hybridized carbons (Fsp3) is 0.385. The summed E-state index contributed by atoms with van der Waals surface area (Å²) in [5, 5.41) is 5.93. The van der Waals surface area contributed by atoms with E-state index in [1.807, 2.05) is 6.26 Å². The van der Waals surface area contributed by atoms with Crippen molar-refractivity contribution >= 4 is 10.8 Å². The number of nitrogens with one attached hydrogen (secondary N) is 1. The molecule has 1 N–H and O–H groups in total. The van der Waals surface area contributed by atoms with Gasteiger partial charge in [-0.25, -0.2) is 0 Å². The van der Waals surface area contributed by atoms with Crippen molar-refractivity contribution in [3.63, 3.8) is 0 Å². The van der Waals surface area contributed by atoms with Gasteiger partial charge < -0.3 is 9.73 Å². The van der Waals surface area contributed by atoms with E-state index >= 15 is 0 Å². The van der Waals surface area contributed by atoms with Gasteiger partial charge in [-0.05, 0) is 19.4 Å². The van der Waals surface area contributed by atoms with E-state index in [9.17, 15) is 0 Å². The zero-order chi connectivity index (χ0) is 10.1. The number of benzene rings is 1. The molecule has 2 heterocycles. The van der Waals surface area contributed by atoms with Crippen molar-refractivity contribution < 1.29 is 4.42 Å². The highest BCUT2D eigenvalue weighted by Gasteiger charge is 2.20. The molecule has 2 heteroatoms. The van der Waals surface area contributed by atoms with Gasteiger partial charge in [0.05, 0.1) is 6.26 Å². The highest BCUT2D eigenvalue weighted by molar-refractivity contribution is 5.84. The minimum Gasteiger partial charge on any atom is -0.468 e. The second-order valence-corrected chi connectivity index (χ2v) is 4.23. The van der Waals surface area contributed by atoms with Gasteiger partial charge in [-0.3, -0.25) is 0 Å². The first-order valence-corrected chi connectivity index (χ1v) is 5.62. The van der Waals surface area contributed by atoms with Crippen LogP contribution >= 0.6 is 0 Å². The van der Waals surface area contributed by atoms with E-state index in [0.717, 1.165) is 18.8 Å². The predicted octanol–water partition coefficient (Wildman–Crippen LogP) is 2.90. The lowest BCUT2D eigenvalue weighted by molar-refractivity contribution is 0.392. The zero-order valence-electron chi connectivity index (χ0n) is 8.70. The highest BCUT2D eigenvalue weighted by Crippen LogP contribution is 2.31. The van der Waals surface area contributed by atoms with Crippen LogP contribution in [-0.4, -0.2) is 13.1 Å². The van der Waals surface area contributed by atoms with Crippen molar-refractivity contribution in [3.8, 4) is 0 Å². The Morgan fingerprint density at radius 2 is 2.20 bits per heavy atom. The summed E-state index contributed by atoms with van der Waals surface area (Å²) in [4.78, 5) is 0. The molecule has 1 saturated heterocycles. The maximum Gasteiger partial charge on any atom is 0.115 e. The fourth-order valence-corrected chi connectivity index (χ4v) is 2.41. The summed E-state index contributed by atoms with van der Waals surface area (Å²) in [5.74, 6) is 1.72. The molecular formula is C13H15NO. The van der Waals surface area contributed by atoms with Gasteiger partial charge in [-0.15, -0.1) is 0 Å². The van der Waals surface area contributed by atoms with Gasteiger partial charge >= 0.3 is 0 Å². The lowest BCUT2D eigenvalue weighted by Crippen LogP contribution is -2.28. The molecule has 1 aliphatic rings. The number of hydrogen-bond donors (Lipinski definition) is 1. The quantitative estimate of drug-likeness (QED) is 0.767. The minimum atomic E-state index is 0.554. The van der Waals surface area contributed by atoms with Crippen LogP contribution in [0.25, 0.3) is 10.8 Å². The molecule has 78 valence electrons. The number of fused-ring (bicyclic) bond motifs is 1. The summed E-state index contributed by atoms with van der Waals surface area (Å²) in [6.45, 7) is 2.20. The molecular weight excluding hydrogens is 186 g/mol. The molecule has 0 saturated carbocycles. The van der Waals surface area contributed by atoms with Crippen LogP contribution in [0.4, 0.5) is 0 Å². The smallest absolute Gasteiger partial charge is 0.115 e. The van der Waals surface area contributed by atoms with Crippen molar-refractivity contribution in [1.29, 1.82) is 0 Å². The van der Waals surface area contributed by atoms with Crippen LogP contribution in [0.3, 0.4) is 0 Å². The zero-order valence-corrected chi connectivity index (χ0v) is 8.70. The first kappa shape index (κ1) is 8.98. The minimum absolute atomic E-state index is 0.554. The molecule has 0 aliphatic carbocycles. The summed E-state index contributed by atoms with van der Waals surface area (Å²) < 4.78 is 5.71. The van der Waals surface area contributed by atoms with Crippen LogP contribution in [0.1, 0.15) is 24.5 Å². The summed E-state index contributed by atoms with van der Waals surface area (Å²) in [5.41, 5.74) is 0. The lowest BCUT2D eigenvalue weighted by Gasteiger charge is -2.21. The van der Waals surface area contributed by atoms with Gasteiger partial charge in [-0.1, -0.05) is 24.3 Å². The SMILES string of the molecule is c1ccc2c(C3CCCNC3)occ2c1. The highest BCUT2D eigenvalue weighted by atomic mass is 16.3. The average Bonchev–Trinajstić information content (AvgIpc) is 2.74. The summed E-state index contributed by atoms with van der Waals surface area (Å²) >= 11 is 0. The maximum atomic E-state index is 5.71. The average molecular weight is 201 g/mol. The lowest BCUT2D eigenvalue weighted by atomic mass is 9.95. The molecule has 2 nitrogen and oxygen atoms in total. The Bertz CT molecular complexity index is 454. The van der Waals surface area contributed by atoms with Gasteiger partial charge in [-0.2, -0.15) is 0 Å². The number of rotatable bonds is 1. The normalized spacial score (nSPS) is 22.0. The Balaban J connectivity index is 2.02. The second kappa shape index (κ2) is 3.70. The van der Waals surface area contributed by atoms with Crippen LogP contribution in [0.2, 0.25) is 0 Å². The van der Waals surface area contributed by atoms with Crippen molar-refractivity contribution in [2.75, 3.05) is 13.1 Å². The number of piperidine rings is 1. The summed E-state index contributed by atoms with van der Waals surface area (Å²) in [6.07, 6.45) is 4.36.